The molecular formula is C17H24N2O2S. The van der Waals surface area contributed by atoms with Crippen molar-refractivity contribution < 1.29 is 9.47 Å². The third kappa shape index (κ3) is 3.99. The van der Waals surface area contributed by atoms with Crippen molar-refractivity contribution in [3.63, 3.8) is 0 Å². The van der Waals surface area contributed by atoms with Crippen LogP contribution in [-0.4, -0.2) is 25.2 Å². The Labute approximate surface area is 136 Å². The van der Waals surface area contributed by atoms with E-state index in [9.17, 15) is 0 Å². The number of para-hydroxylation sites is 1. The summed E-state index contributed by atoms with van der Waals surface area (Å²) in [5, 5.41) is 3.15. The first-order chi connectivity index (χ1) is 10.7. The molecular weight excluding hydrogens is 296 g/mol. The highest BCUT2D eigenvalue weighted by Gasteiger charge is 2.18. The second kappa shape index (κ2) is 8.15. The van der Waals surface area contributed by atoms with E-state index in [1.807, 2.05) is 19.1 Å². The van der Waals surface area contributed by atoms with Gasteiger partial charge in [0.1, 0.15) is 0 Å². The maximum Gasteiger partial charge on any atom is 0.164 e. The van der Waals surface area contributed by atoms with Gasteiger partial charge in [-0.25, -0.2) is 4.98 Å². The maximum atomic E-state index is 5.98. The highest BCUT2D eigenvalue weighted by molar-refractivity contribution is 7.09. The monoisotopic (exact) mass is 320 g/mol. The molecule has 1 unspecified atom stereocenters. The van der Waals surface area contributed by atoms with Crippen LogP contribution in [0.4, 0.5) is 0 Å². The van der Waals surface area contributed by atoms with Gasteiger partial charge >= 0.3 is 0 Å². The number of methoxy groups -OCH3 is 1. The van der Waals surface area contributed by atoms with Gasteiger partial charge < -0.3 is 15.2 Å². The summed E-state index contributed by atoms with van der Waals surface area (Å²) in [7, 11) is 1.67. The van der Waals surface area contributed by atoms with Crippen LogP contribution in [0.5, 0.6) is 11.5 Å². The lowest BCUT2D eigenvalue weighted by atomic mass is 9.99. The van der Waals surface area contributed by atoms with Gasteiger partial charge in [0.2, 0.25) is 0 Å². The number of aryl methyl sites for hydroxylation is 1. The zero-order valence-corrected chi connectivity index (χ0v) is 14.3. The summed E-state index contributed by atoms with van der Waals surface area (Å²) < 4.78 is 11.4. The Kier molecular flexibility index (Phi) is 6.21. The SMILES string of the molecule is CCCOc1c(CC(CN)c2nc(C)cs2)cccc1OC. The Balaban J connectivity index is 2.26. The molecule has 0 aliphatic carbocycles. The molecule has 1 heterocycles. The molecule has 2 rings (SSSR count). The summed E-state index contributed by atoms with van der Waals surface area (Å²) >= 11 is 1.67. The number of nitrogens with zero attached hydrogens (tertiary/aromatic N) is 1. The molecule has 0 aliphatic rings. The molecule has 22 heavy (non-hydrogen) atoms. The van der Waals surface area contributed by atoms with Crippen molar-refractivity contribution in [2.75, 3.05) is 20.3 Å². The van der Waals surface area contributed by atoms with Crippen molar-refractivity contribution in [3.8, 4) is 11.5 Å². The molecule has 2 aromatic rings. The van der Waals surface area contributed by atoms with Gasteiger partial charge in [0.25, 0.3) is 0 Å². The number of hydrogen-bond donors (Lipinski definition) is 1. The minimum atomic E-state index is 0.204. The van der Waals surface area contributed by atoms with Crippen LogP contribution in [0.1, 0.15) is 35.5 Å². The zero-order chi connectivity index (χ0) is 15.9. The van der Waals surface area contributed by atoms with Crippen molar-refractivity contribution in [1.82, 2.24) is 4.98 Å². The number of rotatable bonds is 8. The molecule has 2 N–H and O–H groups in total. The molecule has 1 aromatic heterocycles. The second-order valence-corrected chi connectivity index (χ2v) is 6.15. The highest BCUT2D eigenvalue weighted by Crippen LogP contribution is 2.35. The van der Waals surface area contributed by atoms with E-state index in [-0.39, 0.29) is 5.92 Å². The van der Waals surface area contributed by atoms with Gasteiger partial charge in [-0.05, 0) is 31.4 Å². The van der Waals surface area contributed by atoms with Crippen LogP contribution in [0.3, 0.4) is 0 Å². The minimum Gasteiger partial charge on any atom is -0.493 e. The lowest BCUT2D eigenvalue weighted by Gasteiger charge is -2.18. The summed E-state index contributed by atoms with van der Waals surface area (Å²) in [6, 6.07) is 6.00. The quantitative estimate of drug-likeness (QED) is 0.808. The van der Waals surface area contributed by atoms with Gasteiger partial charge in [-0.2, -0.15) is 0 Å². The molecule has 5 heteroatoms. The molecule has 0 radical (unpaired) electrons. The maximum absolute atomic E-state index is 5.98. The number of benzene rings is 1. The van der Waals surface area contributed by atoms with Crippen LogP contribution in [-0.2, 0) is 6.42 Å². The van der Waals surface area contributed by atoms with Crippen molar-refractivity contribution >= 4 is 11.3 Å². The predicted octanol–water partition coefficient (Wildman–Crippen LogP) is 3.53. The van der Waals surface area contributed by atoms with Crippen LogP contribution < -0.4 is 15.2 Å². The molecule has 0 bridgehead atoms. The highest BCUT2D eigenvalue weighted by atomic mass is 32.1. The number of aromatic nitrogens is 1. The van der Waals surface area contributed by atoms with Crippen LogP contribution >= 0.6 is 11.3 Å². The lowest BCUT2D eigenvalue weighted by molar-refractivity contribution is 0.290. The van der Waals surface area contributed by atoms with E-state index in [1.165, 1.54) is 0 Å². The number of thiazole rings is 1. The second-order valence-electron chi connectivity index (χ2n) is 5.26. The largest absolute Gasteiger partial charge is 0.493 e. The Morgan fingerprint density at radius 1 is 1.36 bits per heavy atom. The molecule has 0 spiro atoms. The van der Waals surface area contributed by atoms with Crippen LogP contribution in [0.15, 0.2) is 23.6 Å². The summed E-state index contributed by atoms with van der Waals surface area (Å²) in [5.74, 6) is 1.81. The molecule has 0 aliphatic heterocycles. The normalized spacial score (nSPS) is 12.2. The Bertz CT molecular complexity index is 598. The van der Waals surface area contributed by atoms with Crippen LogP contribution in [0, 0.1) is 6.92 Å². The predicted molar refractivity (Wildman–Crippen MR) is 91.1 cm³/mol. The zero-order valence-electron chi connectivity index (χ0n) is 13.5. The number of ether oxygens (including phenoxy) is 2. The molecule has 1 aromatic carbocycles. The molecule has 0 saturated heterocycles. The fraction of sp³-hybridized carbons (Fsp3) is 0.471. The molecule has 1 atom stereocenters. The standard InChI is InChI=1S/C17H24N2O2S/c1-4-8-21-16-13(6-5-7-15(16)20-3)9-14(10-18)17-19-12(2)11-22-17/h5-7,11,14H,4,8-10,18H2,1-3H3. The van der Waals surface area contributed by atoms with Gasteiger partial charge in [-0.1, -0.05) is 19.1 Å². The van der Waals surface area contributed by atoms with E-state index in [2.05, 4.69) is 23.4 Å². The summed E-state index contributed by atoms with van der Waals surface area (Å²) in [5.41, 5.74) is 8.15. The molecule has 0 amide bonds. The van der Waals surface area contributed by atoms with Crippen molar-refractivity contribution in [1.29, 1.82) is 0 Å². The molecule has 0 saturated carbocycles. The summed E-state index contributed by atoms with van der Waals surface area (Å²) in [6.45, 7) is 5.35. The van der Waals surface area contributed by atoms with Gasteiger partial charge in [0.15, 0.2) is 11.5 Å². The minimum absolute atomic E-state index is 0.204. The lowest BCUT2D eigenvalue weighted by Crippen LogP contribution is -2.15. The summed E-state index contributed by atoms with van der Waals surface area (Å²) in [6.07, 6.45) is 1.77. The molecule has 0 fully saturated rings. The average molecular weight is 320 g/mol. The Hall–Kier alpha value is -1.59. The van der Waals surface area contributed by atoms with E-state index in [1.54, 1.807) is 18.4 Å². The van der Waals surface area contributed by atoms with Gasteiger partial charge in [0, 0.05) is 23.5 Å². The van der Waals surface area contributed by atoms with Crippen molar-refractivity contribution in [3.05, 3.63) is 39.8 Å². The van der Waals surface area contributed by atoms with E-state index in [0.717, 1.165) is 40.6 Å². The molecule has 4 nitrogen and oxygen atoms in total. The fourth-order valence-corrected chi connectivity index (χ4v) is 3.26. The van der Waals surface area contributed by atoms with E-state index < -0.39 is 0 Å². The van der Waals surface area contributed by atoms with E-state index in [0.29, 0.717) is 13.2 Å². The topological polar surface area (TPSA) is 57.4 Å². The first-order valence-corrected chi connectivity index (χ1v) is 8.48. The van der Waals surface area contributed by atoms with Crippen molar-refractivity contribution in [2.45, 2.75) is 32.6 Å². The fourth-order valence-electron chi connectivity index (χ4n) is 2.35. The Morgan fingerprint density at radius 3 is 2.77 bits per heavy atom. The van der Waals surface area contributed by atoms with Gasteiger partial charge in [0.05, 0.1) is 18.7 Å². The van der Waals surface area contributed by atoms with E-state index in [4.69, 9.17) is 15.2 Å². The average Bonchev–Trinajstić information content (AvgIpc) is 2.97. The first-order valence-electron chi connectivity index (χ1n) is 7.60. The third-order valence-corrected chi connectivity index (χ3v) is 4.59. The van der Waals surface area contributed by atoms with Crippen LogP contribution in [0.25, 0.3) is 0 Å². The summed E-state index contributed by atoms with van der Waals surface area (Å²) in [4.78, 5) is 4.58. The number of hydrogen-bond acceptors (Lipinski definition) is 5. The number of nitrogens with two attached hydrogens (primary N) is 1. The first kappa shape index (κ1) is 16.8. The Morgan fingerprint density at radius 2 is 2.18 bits per heavy atom. The van der Waals surface area contributed by atoms with E-state index >= 15 is 0 Å². The third-order valence-electron chi connectivity index (χ3n) is 3.47. The van der Waals surface area contributed by atoms with Crippen LogP contribution in [0.2, 0.25) is 0 Å². The molecule has 120 valence electrons. The smallest absolute Gasteiger partial charge is 0.164 e. The van der Waals surface area contributed by atoms with Crippen molar-refractivity contribution in [2.24, 2.45) is 5.73 Å². The van der Waals surface area contributed by atoms with Gasteiger partial charge in [-0.3, -0.25) is 0 Å². The van der Waals surface area contributed by atoms with Gasteiger partial charge in [-0.15, -0.1) is 11.3 Å².